The fourth-order valence-electron chi connectivity index (χ4n) is 3.20. The van der Waals surface area contributed by atoms with Crippen molar-refractivity contribution >= 4 is 11.8 Å². The summed E-state index contributed by atoms with van der Waals surface area (Å²) in [5.74, 6) is 0.603. The van der Waals surface area contributed by atoms with Crippen LogP contribution in [-0.4, -0.2) is 49.6 Å². The van der Waals surface area contributed by atoms with Gasteiger partial charge in [0, 0.05) is 33.1 Å². The fraction of sp³-hybridized carbons (Fsp3) is 0.364. The molecule has 1 atom stereocenters. The van der Waals surface area contributed by atoms with Crippen LogP contribution in [0, 0.1) is 0 Å². The molecular weight excluding hydrogens is 356 g/mol. The fourth-order valence-corrected chi connectivity index (χ4v) is 3.20. The van der Waals surface area contributed by atoms with E-state index >= 15 is 0 Å². The molecule has 1 fully saturated rings. The minimum absolute atomic E-state index is 0.0525. The molecule has 0 radical (unpaired) electrons. The maximum Gasteiger partial charge on any atom is 0.246 e. The van der Waals surface area contributed by atoms with Crippen molar-refractivity contribution in [3.8, 4) is 5.75 Å². The van der Waals surface area contributed by atoms with Gasteiger partial charge in [0.15, 0.2) is 0 Å². The van der Waals surface area contributed by atoms with Crippen LogP contribution in [0.3, 0.4) is 0 Å². The van der Waals surface area contributed by atoms with E-state index in [0.717, 1.165) is 23.3 Å². The van der Waals surface area contributed by atoms with Crippen LogP contribution in [0.2, 0.25) is 0 Å². The Morgan fingerprint density at radius 2 is 1.75 bits per heavy atom. The summed E-state index contributed by atoms with van der Waals surface area (Å²) in [4.78, 5) is 26.5. The largest absolute Gasteiger partial charge is 0.494 e. The second-order valence-corrected chi connectivity index (χ2v) is 6.84. The van der Waals surface area contributed by atoms with Crippen molar-refractivity contribution in [3.05, 3.63) is 65.7 Å². The van der Waals surface area contributed by atoms with Gasteiger partial charge in [-0.25, -0.2) is 0 Å². The van der Waals surface area contributed by atoms with Gasteiger partial charge in [0.2, 0.25) is 11.8 Å². The second kappa shape index (κ2) is 9.90. The SMILES string of the molecule is COCCCOc1ccc(CC2NC(=O)CN(Cc3ccccc3)C2=O)cc1. The highest BCUT2D eigenvalue weighted by Gasteiger charge is 2.32. The van der Waals surface area contributed by atoms with Gasteiger partial charge in [-0.3, -0.25) is 9.59 Å². The molecule has 6 heteroatoms. The molecule has 0 bridgehead atoms. The monoisotopic (exact) mass is 382 g/mol. The first-order chi connectivity index (χ1) is 13.7. The topological polar surface area (TPSA) is 67.9 Å². The number of piperazine rings is 1. The molecule has 148 valence electrons. The van der Waals surface area contributed by atoms with E-state index in [1.807, 2.05) is 54.6 Å². The average molecular weight is 382 g/mol. The molecule has 1 N–H and O–H groups in total. The number of nitrogens with zero attached hydrogens (tertiary/aromatic N) is 1. The predicted octanol–water partition coefficient (Wildman–Crippen LogP) is 2.17. The minimum Gasteiger partial charge on any atom is -0.494 e. The maximum atomic E-state index is 12.8. The van der Waals surface area contributed by atoms with Gasteiger partial charge >= 0.3 is 0 Å². The summed E-state index contributed by atoms with van der Waals surface area (Å²) < 4.78 is 10.6. The Labute approximate surface area is 165 Å². The van der Waals surface area contributed by atoms with Crippen LogP contribution in [0.15, 0.2) is 54.6 Å². The van der Waals surface area contributed by atoms with E-state index in [1.54, 1.807) is 12.0 Å². The van der Waals surface area contributed by atoms with Crippen LogP contribution in [0.4, 0.5) is 0 Å². The van der Waals surface area contributed by atoms with Crippen LogP contribution in [0.5, 0.6) is 5.75 Å². The molecule has 3 rings (SSSR count). The summed E-state index contributed by atoms with van der Waals surface area (Å²) in [5.41, 5.74) is 1.99. The van der Waals surface area contributed by atoms with Crippen LogP contribution < -0.4 is 10.1 Å². The Hall–Kier alpha value is -2.86. The Morgan fingerprint density at radius 3 is 2.46 bits per heavy atom. The Kier molecular flexibility index (Phi) is 7.03. The molecule has 1 saturated heterocycles. The van der Waals surface area contributed by atoms with Gasteiger partial charge in [-0.05, 0) is 23.3 Å². The van der Waals surface area contributed by atoms with Gasteiger partial charge in [0.25, 0.3) is 0 Å². The number of amides is 2. The third kappa shape index (κ3) is 5.57. The standard InChI is InChI=1S/C22H26N2O4/c1-27-12-5-13-28-19-10-8-17(9-11-19)14-20-22(26)24(16-21(25)23-20)15-18-6-3-2-4-7-18/h2-4,6-11,20H,5,12-16H2,1H3,(H,23,25). The highest BCUT2D eigenvalue weighted by molar-refractivity contribution is 5.95. The zero-order valence-electron chi connectivity index (χ0n) is 16.1. The van der Waals surface area contributed by atoms with E-state index < -0.39 is 6.04 Å². The first kappa shape index (κ1) is 19.9. The molecule has 2 aromatic rings. The average Bonchev–Trinajstić information content (AvgIpc) is 2.71. The van der Waals surface area contributed by atoms with Crippen molar-refractivity contribution in [1.82, 2.24) is 10.2 Å². The van der Waals surface area contributed by atoms with Crippen LogP contribution in [0.25, 0.3) is 0 Å². The number of carbonyl (C=O) groups is 2. The lowest BCUT2D eigenvalue weighted by atomic mass is 10.0. The quantitative estimate of drug-likeness (QED) is 0.675. The van der Waals surface area contributed by atoms with Gasteiger partial charge in [0.05, 0.1) is 13.2 Å². The number of nitrogens with one attached hydrogen (secondary N) is 1. The van der Waals surface area contributed by atoms with Crippen molar-refractivity contribution in [2.24, 2.45) is 0 Å². The minimum atomic E-state index is -0.543. The molecule has 2 aromatic carbocycles. The van der Waals surface area contributed by atoms with E-state index in [1.165, 1.54) is 0 Å². The number of benzene rings is 2. The molecule has 6 nitrogen and oxygen atoms in total. The van der Waals surface area contributed by atoms with Gasteiger partial charge in [0.1, 0.15) is 11.8 Å². The van der Waals surface area contributed by atoms with E-state index in [-0.39, 0.29) is 18.4 Å². The second-order valence-electron chi connectivity index (χ2n) is 6.84. The summed E-state index contributed by atoms with van der Waals surface area (Å²) in [6, 6.07) is 16.8. The lowest BCUT2D eigenvalue weighted by molar-refractivity contribution is -0.144. The number of rotatable bonds is 9. The molecule has 1 heterocycles. The maximum absolute atomic E-state index is 12.8. The summed E-state index contributed by atoms with van der Waals surface area (Å²) in [7, 11) is 1.67. The highest BCUT2D eigenvalue weighted by Crippen LogP contribution is 2.16. The zero-order chi connectivity index (χ0) is 19.8. The van der Waals surface area contributed by atoms with Crippen molar-refractivity contribution in [1.29, 1.82) is 0 Å². The van der Waals surface area contributed by atoms with Crippen molar-refractivity contribution in [3.63, 3.8) is 0 Å². The van der Waals surface area contributed by atoms with Gasteiger partial charge in [-0.2, -0.15) is 0 Å². The molecule has 0 aromatic heterocycles. The predicted molar refractivity (Wildman–Crippen MR) is 106 cm³/mol. The molecule has 1 aliphatic rings. The van der Waals surface area contributed by atoms with Crippen molar-refractivity contribution < 1.29 is 19.1 Å². The number of ether oxygens (including phenoxy) is 2. The summed E-state index contributed by atoms with van der Waals surface area (Å²) >= 11 is 0. The van der Waals surface area contributed by atoms with E-state index in [0.29, 0.717) is 26.2 Å². The van der Waals surface area contributed by atoms with Crippen LogP contribution >= 0.6 is 0 Å². The van der Waals surface area contributed by atoms with E-state index in [2.05, 4.69) is 5.32 Å². The number of hydrogen-bond donors (Lipinski definition) is 1. The van der Waals surface area contributed by atoms with Gasteiger partial charge < -0.3 is 19.7 Å². The Balaban J connectivity index is 1.58. The number of hydrogen-bond acceptors (Lipinski definition) is 4. The van der Waals surface area contributed by atoms with Gasteiger partial charge in [-0.15, -0.1) is 0 Å². The molecular formula is C22H26N2O4. The van der Waals surface area contributed by atoms with E-state index in [4.69, 9.17) is 9.47 Å². The summed E-state index contributed by atoms with van der Waals surface area (Å²) in [6.45, 7) is 1.80. The molecule has 0 spiro atoms. The smallest absolute Gasteiger partial charge is 0.246 e. The Bertz CT molecular complexity index is 777. The van der Waals surface area contributed by atoms with Crippen LogP contribution in [0.1, 0.15) is 17.5 Å². The number of carbonyl (C=O) groups excluding carboxylic acids is 2. The molecule has 0 saturated carbocycles. The highest BCUT2D eigenvalue weighted by atomic mass is 16.5. The van der Waals surface area contributed by atoms with Crippen LogP contribution in [-0.2, 0) is 27.3 Å². The molecule has 1 aliphatic heterocycles. The lowest BCUT2D eigenvalue weighted by Gasteiger charge is -2.32. The third-order valence-electron chi connectivity index (χ3n) is 4.62. The molecule has 2 amide bonds. The number of methoxy groups -OCH3 is 1. The molecule has 1 unspecified atom stereocenters. The zero-order valence-corrected chi connectivity index (χ0v) is 16.1. The normalized spacial score (nSPS) is 16.8. The third-order valence-corrected chi connectivity index (χ3v) is 4.62. The van der Waals surface area contributed by atoms with Crippen molar-refractivity contribution in [2.75, 3.05) is 26.9 Å². The summed E-state index contributed by atoms with van der Waals surface area (Å²) in [5, 5.41) is 2.82. The Morgan fingerprint density at radius 1 is 1.00 bits per heavy atom. The van der Waals surface area contributed by atoms with Gasteiger partial charge in [-0.1, -0.05) is 42.5 Å². The molecule has 0 aliphatic carbocycles. The lowest BCUT2D eigenvalue weighted by Crippen LogP contribution is -2.58. The summed E-state index contributed by atoms with van der Waals surface area (Å²) in [6.07, 6.45) is 1.29. The molecule has 28 heavy (non-hydrogen) atoms. The van der Waals surface area contributed by atoms with E-state index in [9.17, 15) is 9.59 Å². The first-order valence-corrected chi connectivity index (χ1v) is 9.48. The van der Waals surface area contributed by atoms with Crippen molar-refractivity contribution in [2.45, 2.75) is 25.4 Å². The first-order valence-electron chi connectivity index (χ1n) is 9.48.